The number of benzene rings is 2. The maximum Gasteiger partial charge on any atom is 0.271 e. The first kappa shape index (κ1) is 26.0. The lowest BCUT2D eigenvalue weighted by atomic mass is 10.1. The molecule has 10 nitrogen and oxygen atoms in total. The number of amides is 1. The van der Waals surface area contributed by atoms with Gasteiger partial charge in [0.25, 0.3) is 5.69 Å². The van der Waals surface area contributed by atoms with Gasteiger partial charge >= 0.3 is 0 Å². The number of nitrogens with zero attached hydrogens (tertiary/aromatic N) is 4. The predicted octanol–water partition coefficient (Wildman–Crippen LogP) is 4.94. The Morgan fingerprint density at radius 2 is 1.91 bits per heavy atom. The van der Waals surface area contributed by atoms with E-state index in [-0.39, 0.29) is 23.9 Å². The molecule has 1 aromatic heterocycles. The number of aromatic nitrogens is 3. The number of ether oxygens (including phenoxy) is 2. The molecule has 0 aliphatic carbocycles. The van der Waals surface area contributed by atoms with E-state index in [0.29, 0.717) is 29.2 Å². The second-order valence-corrected chi connectivity index (χ2v) is 9.53. The van der Waals surface area contributed by atoms with E-state index < -0.39 is 10.2 Å². The third-order valence-electron chi connectivity index (χ3n) is 5.14. The Kier molecular flexibility index (Phi) is 9.07. The number of para-hydroxylation sites is 1. The van der Waals surface area contributed by atoms with Crippen LogP contribution in [-0.2, 0) is 17.9 Å². The average molecular weight is 500 g/mol. The number of methoxy groups -OCH3 is 1. The first-order valence-corrected chi connectivity index (χ1v) is 12.1. The fourth-order valence-electron chi connectivity index (χ4n) is 3.14. The molecule has 0 spiro atoms. The van der Waals surface area contributed by atoms with Gasteiger partial charge in [-0.3, -0.25) is 14.9 Å². The number of nitro benzene ring substituents is 1. The molecule has 0 fully saturated rings. The van der Waals surface area contributed by atoms with Crippen LogP contribution in [0.15, 0.2) is 53.7 Å². The van der Waals surface area contributed by atoms with E-state index >= 15 is 0 Å². The minimum atomic E-state index is -0.552. The Morgan fingerprint density at radius 1 is 1.17 bits per heavy atom. The van der Waals surface area contributed by atoms with Gasteiger partial charge in [-0.25, -0.2) is 0 Å². The van der Waals surface area contributed by atoms with Gasteiger partial charge in [-0.15, -0.1) is 10.2 Å². The zero-order valence-corrected chi connectivity index (χ0v) is 20.9. The molecule has 1 N–H and O–H groups in total. The van der Waals surface area contributed by atoms with Gasteiger partial charge < -0.3 is 19.4 Å². The van der Waals surface area contributed by atoms with Crippen LogP contribution in [0.3, 0.4) is 0 Å². The van der Waals surface area contributed by atoms with Gasteiger partial charge in [0.2, 0.25) is 5.91 Å². The predicted molar refractivity (Wildman–Crippen MR) is 134 cm³/mol. The minimum Gasteiger partial charge on any atom is -0.495 e. The van der Waals surface area contributed by atoms with Gasteiger partial charge in [-0.05, 0) is 37.5 Å². The summed E-state index contributed by atoms with van der Waals surface area (Å²) < 4.78 is 13.1. The Balaban J connectivity index is 1.74. The van der Waals surface area contributed by atoms with Crippen LogP contribution in [-0.4, -0.2) is 38.0 Å². The highest BCUT2D eigenvalue weighted by atomic mass is 32.2. The Bertz CT molecular complexity index is 1150. The summed E-state index contributed by atoms with van der Waals surface area (Å²) in [6, 6.07) is 13.5. The smallest absolute Gasteiger partial charge is 0.271 e. The van der Waals surface area contributed by atoms with Crippen molar-refractivity contribution in [1.82, 2.24) is 14.8 Å². The molecule has 3 aromatic rings. The highest BCUT2D eigenvalue weighted by Crippen LogP contribution is 2.31. The van der Waals surface area contributed by atoms with Gasteiger partial charge in [0.15, 0.2) is 11.0 Å². The van der Waals surface area contributed by atoms with Crippen molar-refractivity contribution in [1.29, 1.82) is 0 Å². The first-order chi connectivity index (χ1) is 16.8. The molecule has 1 heterocycles. The zero-order valence-electron chi connectivity index (χ0n) is 20.1. The third-order valence-corrected chi connectivity index (χ3v) is 6.22. The Labute approximate surface area is 208 Å². The molecule has 186 valence electrons. The minimum absolute atomic E-state index is 0.141. The van der Waals surface area contributed by atoms with Crippen LogP contribution in [0, 0.1) is 16.0 Å². The normalized spacial score (nSPS) is 11.8. The average Bonchev–Trinajstić information content (AvgIpc) is 3.22. The summed E-state index contributed by atoms with van der Waals surface area (Å²) in [5, 5.41) is 22.5. The van der Waals surface area contributed by atoms with Crippen molar-refractivity contribution in [3.8, 4) is 11.5 Å². The summed E-state index contributed by atoms with van der Waals surface area (Å²) in [6.07, 6.45) is 0.912. The summed E-state index contributed by atoms with van der Waals surface area (Å²) in [4.78, 5) is 23.5. The molecule has 3 rings (SSSR count). The number of hydrogen-bond donors (Lipinski definition) is 1. The van der Waals surface area contributed by atoms with Gasteiger partial charge in [0.05, 0.1) is 23.0 Å². The van der Waals surface area contributed by atoms with Crippen molar-refractivity contribution in [3.05, 3.63) is 64.5 Å². The lowest BCUT2D eigenvalue weighted by Crippen LogP contribution is -2.23. The largest absolute Gasteiger partial charge is 0.495 e. The maximum absolute atomic E-state index is 12.9. The highest BCUT2D eigenvalue weighted by molar-refractivity contribution is 8.00. The summed E-state index contributed by atoms with van der Waals surface area (Å²) >= 11 is 1.26. The second kappa shape index (κ2) is 12.2. The van der Waals surface area contributed by atoms with Crippen LogP contribution in [0.25, 0.3) is 0 Å². The number of hydrogen-bond acceptors (Lipinski definition) is 8. The lowest BCUT2D eigenvalue weighted by molar-refractivity contribution is -0.384. The molecule has 0 radical (unpaired) electrons. The van der Waals surface area contributed by atoms with Crippen molar-refractivity contribution in [2.45, 2.75) is 50.8 Å². The van der Waals surface area contributed by atoms with Crippen molar-refractivity contribution < 1.29 is 19.2 Å². The van der Waals surface area contributed by atoms with E-state index in [0.717, 1.165) is 12.2 Å². The van der Waals surface area contributed by atoms with Crippen LogP contribution >= 0.6 is 11.8 Å². The first-order valence-electron chi connectivity index (χ1n) is 11.2. The number of rotatable bonds is 12. The quantitative estimate of drug-likeness (QED) is 0.211. The maximum atomic E-state index is 12.9. The summed E-state index contributed by atoms with van der Waals surface area (Å²) in [7, 11) is 1.44. The number of carbonyl (C=O) groups excluding carboxylic acids is 1. The van der Waals surface area contributed by atoms with Gasteiger partial charge in [0.1, 0.15) is 18.1 Å². The molecule has 0 saturated carbocycles. The highest BCUT2D eigenvalue weighted by Gasteiger charge is 2.22. The second-order valence-electron chi connectivity index (χ2n) is 8.23. The van der Waals surface area contributed by atoms with Gasteiger partial charge in [-0.1, -0.05) is 43.8 Å². The Hall–Kier alpha value is -3.60. The molecular weight excluding hydrogens is 470 g/mol. The van der Waals surface area contributed by atoms with Crippen molar-refractivity contribution in [2.24, 2.45) is 5.92 Å². The van der Waals surface area contributed by atoms with E-state index in [9.17, 15) is 14.9 Å². The number of anilines is 1. The van der Waals surface area contributed by atoms with E-state index in [4.69, 9.17) is 9.47 Å². The standard InChI is InChI=1S/C24H29N5O5S/c1-16(2)12-13-28-22(15-34-19-8-6-5-7-9-19)26-27-24(28)35-17(3)23(30)25-20-14-18(29(31)32)10-11-21(20)33-4/h5-11,14,16-17H,12-13,15H2,1-4H3,(H,25,30). The molecule has 2 aromatic carbocycles. The summed E-state index contributed by atoms with van der Waals surface area (Å²) in [6.45, 7) is 6.96. The zero-order chi connectivity index (χ0) is 25.4. The molecule has 1 atom stereocenters. The van der Waals surface area contributed by atoms with Crippen LogP contribution in [0.5, 0.6) is 11.5 Å². The number of nitrogens with one attached hydrogen (secondary N) is 1. The van der Waals surface area contributed by atoms with E-state index in [1.54, 1.807) is 6.92 Å². The third kappa shape index (κ3) is 7.19. The van der Waals surface area contributed by atoms with E-state index in [1.165, 1.54) is 37.1 Å². The monoisotopic (exact) mass is 499 g/mol. The van der Waals surface area contributed by atoms with Gasteiger partial charge in [0, 0.05) is 18.7 Å². The fraction of sp³-hybridized carbons (Fsp3) is 0.375. The fourth-order valence-corrected chi connectivity index (χ4v) is 4.04. The topological polar surface area (TPSA) is 121 Å². The van der Waals surface area contributed by atoms with Crippen LogP contribution in [0.2, 0.25) is 0 Å². The van der Waals surface area contributed by atoms with Crippen LogP contribution in [0.4, 0.5) is 11.4 Å². The van der Waals surface area contributed by atoms with E-state index in [2.05, 4.69) is 29.4 Å². The molecule has 11 heteroatoms. The molecule has 1 unspecified atom stereocenters. The van der Waals surface area contributed by atoms with Crippen LogP contribution < -0.4 is 14.8 Å². The summed E-state index contributed by atoms with van der Waals surface area (Å²) in [5.74, 6) is 1.87. The van der Waals surface area contributed by atoms with Crippen molar-refractivity contribution in [2.75, 3.05) is 12.4 Å². The number of thioether (sulfide) groups is 1. The van der Waals surface area contributed by atoms with Gasteiger partial charge in [-0.2, -0.15) is 0 Å². The van der Waals surface area contributed by atoms with E-state index in [1.807, 2.05) is 34.9 Å². The molecule has 35 heavy (non-hydrogen) atoms. The van der Waals surface area contributed by atoms with Crippen molar-refractivity contribution in [3.63, 3.8) is 0 Å². The molecule has 0 aliphatic heterocycles. The van der Waals surface area contributed by atoms with Crippen molar-refractivity contribution >= 4 is 29.0 Å². The molecule has 0 bridgehead atoms. The summed E-state index contributed by atoms with van der Waals surface area (Å²) in [5.41, 5.74) is 0.0928. The lowest BCUT2D eigenvalue weighted by Gasteiger charge is -2.16. The van der Waals surface area contributed by atoms with Crippen LogP contribution in [0.1, 0.15) is 33.0 Å². The Morgan fingerprint density at radius 3 is 2.57 bits per heavy atom. The number of nitro groups is 1. The molecular formula is C24H29N5O5S. The number of carbonyl (C=O) groups is 1. The molecule has 0 saturated heterocycles. The molecule has 0 aliphatic rings. The molecule has 1 amide bonds. The number of non-ortho nitro benzene ring substituents is 1. The SMILES string of the molecule is COc1ccc([N+](=O)[O-])cc1NC(=O)C(C)Sc1nnc(COc2ccccc2)n1CCC(C)C.